The SMILES string of the molecule is CC/C=C\CCCCCCCCS[C@@H](C)C(=O)C(F)(F)F. The molecule has 0 amide bonds. The lowest BCUT2D eigenvalue weighted by Crippen LogP contribution is -2.30. The van der Waals surface area contributed by atoms with E-state index in [4.69, 9.17) is 0 Å². The van der Waals surface area contributed by atoms with Gasteiger partial charge in [-0.2, -0.15) is 24.9 Å². The molecule has 0 aliphatic heterocycles. The van der Waals surface area contributed by atoms with Gasteiger partial charge in [0.25, 0.3) is 0 Å². The third kappa shape index (κ3) is 11.8. The van der Waals surface area contributed by atoms with Crippen LogP contribution in [0, 0.1) is 0 Å². The van der Waals surface area contributed by atoms with Gasteiger partial charge in [-0.25, -0.2) is 0 Å². The number of carbonyl (C=O) groups is 1. The number of hydrogen-bond acceptors (Lipinski definition) is 2. The molecule has 0 saturated heterocycles. The van der Waals surface area contributed by atoms with Crippen LogP contribution in [0.1, 0.15) is 65.2 Å². The first kappa shape index (κ1) is 20.6. The van der Waals surface area contributed by atoms with Crippen LogP contribution in [0.5, 0.6) is 0 Å². The molecule has 0 aromatic carbocycles. The number of unbranched alkanes of at least 4 members (excludes halogenated alkanes) is 6. The van der Waals surface area contributed by atoms with Crippen LogP contribution in [-0.2, 0) is 4.79 Å². The van der Waals surface area contributed by atoms with E-state index in [9.17, 15) is 18.0 Å². The van der Waals surface area contributed by atoms with Gasteiger partial charge in [0.05, 0.1) is 5.25 Å². The Kier molecular flexibility index (Phi) is 11.9. The lowest BCUT2D eigenvalue weighted by Gasteiger charge is -2.12. The van der Waals surface area contributed by atoms with Gasteiger partial charge in [0.15, 0.2) is 0 Å². The number of allylic oxidation sites excluding steroid dienone is 2. The molecule has 1 atom stereocenters. The summed E-state index contributed by atoms with van der Waals surface area (Å²) in [5.74, 6) is -0.991. The fourth-order valence-corrected chi connectivity index (χ4v) is 2.93. The Hall–Kier alpha value is -0.450. The molecule has 0 fully saturated rings. The smallest absolute Gasteiger partial charge is 0.288 e. The van der Waals surface area contributed by atoms with Crippen molar-refractivity contribution in [1.82, 2.24) is 0 Å². The zero-order valence-corrected chi connectivity index (χ0v) is 13.9. The van der Waals surface area contributed by atoms with E-state index >= 15 is 0 Å². The number of thioether (sulfide) groups is 1. The Morgan fingerprint density at radius 1 is 1.05 bits per heavy atom. The van der Waals surface area contributed by atoms with Gasteiger partial charge in [-0.15, -0.1) is 0 Å². The molecule has 0 aromatic heterocycles. The molecule has 0 spiro atoms. The van der Waals surface area contributed by atoms with Crippen molar-refractivity contribution in [2.45, 2.75) is 76.6 Å². The van der Waals surface area contributed by atoms with Crippen molar-refractivity contribution in [3.8, 4) is 0 Å². The second-order valence-electron chi connectivity index (χ2n) is 5.16. The van der Waals surface area contributed by atoms with E-state index in [1.807, 2.05) is 0 Å². The number of alkyl halides is 3. The summed E-state index contributed by atoms with van der Waals surface area (Å²) >= 11 is 1.11. The number of Topliss-reactive ketones (excluding diaryl/α,β-unsaturated/α-hetero) is 1. The highest BCUT2D eigenvalue weighted by Crippen LogP contribution is 2.25. The minimum atomic E-state index is -4.70. The largest absolute Gasteiger partial charge is 0.451 e. The summed E-state index contributed by atoms with van der Waals surface area (Å²) in [6, 6.07) is 0. The highest BCUT2D eigenvalue weighted by atomic mass is 32.2. The molecule has 0 heterocycles. The van der Waals surface area contributed by atoms with E-state index in [1.165, 1.54) is 26.2 Å². The molecule has 124 valence electrons. The van der Waals surface area contributed by atoms with Crippen molar-refractivity contribution in [2.24, 2.45) is 0 Å². The second kappa shape index (κ2) is 12.1. The molecule has 0 aliphatic carbocycles. The summed E-state index contributed by atoms with van der Waals surface area (Å²) in [4.78, 5) is 10.9. The standard InChI is InChI=1S/C16H27F3OS/c1-3-4-5-6-7-8-9-10-11-12-13-21-14(2)15(20)16(17,18)19/h4-5,14H,3,6-13H2,1-2H3/b5-4-/t14-/m0/s1. The summed E-state index contributed by atoms with van der Waals surface area (Å²) in [5.41, 5.74) is 0. The summed E-state index contributed by atoms with van der Waals surface area (Å²) in [6.07, 6.45) is 8.58. The maximum absolute atomic E-state index is 12.2. The van der Waals surface area contributed by atoms with Crippen LogP contribution in [0.4, 0.5) is 13.2 Å². The van der Waals surface area contributed by atoms with Crippen molar-refractivity contribution < 1.29 is 18.0 Å². The highest BCUT2D eigenvalue weighted by molar-refractivity contribution is 8.00. The third-order valence-electron chi connectivity index (χ3n) is 3.18. The van der Waals surface area contributed by atoms with Gasteiger partial charge in [0, 0.05) is 0 Å². The maximum Gasteiger partial charge on any atom is 0.451 e. The van der Waals surface area contributed by atoms with Crippen LogP contribution >= 0.6 is 11.8 Å². The van der Waals surface area contributed by atoms with Gasteiger partial charge in [-0.05, 0) is 38.4 Å². The summed E-state index contributed by atoms with van der Waals surface area (Å²) in [6.45, 7) is 3.46. The van der Waals surface area contributed by atoms with E-state index in [0.717, 1.165) is 43.9 Å². The normalized spacial score (nSPS) is 13.8. The van der Waals surface area contributed by atoms with E-state index in [1.54, 1.807) is 0 Å². The molecule has 5 heteroatoms. The van der Waals surface area contributed by atoms with E-state index < -0.39 is 17.2 Å². The van der Waals surface area contributed by atoms with E-state index in [2.05, 4.69) is 19.1 Å². The Labute approximate surface area is 130 Å². The van der Waals surface area contributed by atoms with Gasteiger partial charge >= 0.3 is 6.18 Å². The average Bonchev–Trinajstić information content (AvgIpc) is 2.42. The van der Waals surface area contributed by atoms with Crippen LogP contribution in [0.25, 0.3) is 0 Å². The molecule has 0 aromatic rings. The van der Waals surface area contributed by atoms with Crippen molar-refractivity contribution in [2.75, 3.05) is 5.75 Å². The Bertz CT molecular complexity index is 300. The van der Waals surface area contributed by atoms with Gasteiger partial charge in [-0.1, -0.05) is 44.8 Å². The summed E-state index contributed by atoms with van der Waals surface area (Å²) < 4.78 is 36.5. The van der Waals surface area contributed by atoms with Gasteiger partial charge in [0.1, 0.15) is 0 Å². The molecule has 21 heavy (non-hydrogen) atoms. The van der Waals surface area contributed by atoms with Crippen LogP contribution in [-0.4, -0.2) is 23.0 Å². The van der Waals surface area contributed by atoms with Gasteiger partial charge in [0.2, 0.25) is 5.78 Å². The van der Waals surface area contributed by atoms with Crippen LogP contribution in [0.3, 0.4) is 0 Å². The lowest BCUT2D eigenvalue weighted by atomic mass is 10.1. The molecule has 0 unspecified atom stereocenters. The van der Waals surface area contributed by atoms with Gasteiger partial charge < -0.3 is 0 Å². The van der Waals surface area contributed by atoms with E-state index in [-0.39, 0.29) is 0 Å². The topological polar surface area (TPSA) is 17.1 Å². The first-order chi connectivity index (χ1) is 9.89. The maximum atomic E-state index is 12.2. The zero-order chi connectivity index (χ0) is 16.1. The van der Waals surface area contributed by atoms with Crippen molar-refractivity contribution in [3.05, 3.63) is 12.2 Å². The third-order valence-corrected chi connectivity index (χ3v) is 4.42. The lowest BCUT2D eigenvalue weighted by molar-refractivity contribution is -0.170. The van der Waals surface area contributed by atoms with Crippen LogP contribution in [0.15, 0.2) is 12.2 Å². The number of rotatable bonds is 12. The van der Waals surface area contributed by atoms with E-state index in [0.29, 0.717) is 5.75 Å². The first-order valence-electron chi connectivity index (χ1n) is 7.77. The second-order valence-corrected chi connectivity index (χ2v) is 6.61. The molecule has 0 N–H and O–H groups in total. The number of ketones is 1. The predicted octanol–water partition coefficient (Wildman–Crippen LogP) is 5.94. The molecule has 0 saturated carbocycles. The summed E-state index contributed by atoms with van der Waals surface area (Å²) in [7, 11) is 0. The Morgan fingerprint density at radius 3 is 2.19 bits per heavy atom. The summed E-state index contributed by atoms with van der Waals surface area (Å²) in [5, 5.41) is -0.977. The molecule has 1 nitrogen and oxygen atoms in total. The number of carbonyl (C=O) groups excluding carboxylic acids is 1. The van der Waals surface area contributed by atoms with Crippen molar-refractivity contribution in [3.63, 3.8) is 0 Å². The fraction of sp³-hybridized carbons (Fsp3) is 0.812. The minimum Gasteiger partial charge on any atom is -0.288 e. The quantitative estimate of drug-likeness (QED) is 0.326. The predicted molar refractivity (Wildman–Crippen MR) is 84.7 cm³/mol. The molecule has 0 radical (unpaired) electrons. The first-order valence-corrected chi connectivity index (χ1v) is 8.82. The fourth-order valence-electron chi connectivity index (χ4n) is 1.92. The average molecular weight is 324 g/mol. The highest BCUT2D eigenvalue weighted by Gasteiger charge is 2.41. The minimum absolute atomic E-state index is 0.627. The van der Waals surface area contributed by atoms with Crippen molar-refractivity contribution >= 4 is 17.5 Å². The molecular weight excluding hydrogens is 297 g/mol. The van der Waals surface area contributed by atoms with Gasteiger partial charge in [-0.3, -0.25) is 4.79 Å². The number of halogens is 3. The molecule has 0 aliphatic rings. The van der Waals surface area contributed by atoms with Crippen LogP contribution < -0.4 is 0 Å². The molecule has 0 rings (SSSR count). The molecule has 0 bridgehead atoms. The Morgan fingerprint density at radius 2 is 1.62 bits per heavy atom. The molecular formula is C16H27F3OS. The van der Waals surface area contributed by atoms with Crippen molar-refractivity contribution in [1.29, 1.82) is 0 Å². The zero-order valence-electron chi connectivity index (χ0n) is 13.0. The Balaban J connectivity index is 3.40. The monoisotopic (exact) mass is 324 g/mol. The van der Waals surface area contributed by atoms with Crippen LogP contribution in [0.2, 0.25) is 0 Å². The number of hydrogen-bond donors (Lipinski definition) is 0.